The van der Waals surface area contributed by atoms with Gasteiger partial charge in [-0.15, -0.1) is 0 Å². The summed E-state index contributed by atoms with van der Waals surface area (Å²) in [5.74, 6) is -0.798. The molecular weight excluding hydrogens is 442 g/mol. The van der Waals surface area contributed by atoms with E-state index in [1.165, 1.54) is 36.4 Å². The van der Waals surface area contributed by atoms with Crippen molar-refractivity contribution in [3.8, 4) is 11.3 Å². The smallest absolute Gasteiger partial charge is 0.416 e. The third-order valence-corrected chi connectivity index (χ3v) is 4.76. The highest BCUT2D eigenvalue weighted by molar-refractivity contribution is 9.10. The number of carbonyl (C=O) groups excluding carboxylic acids is 1. The van der Waals surface area contributed by atoms with E-state index in [2.05, 4.69) is 21.2 Å². The maximum absolute atomic E-state index is 13.1. The van der Waals surface area contributed by atoms with Crippen molar-refractivity contribution < 1.29 is 26.8 Å². The minimum atomic E-state index is -4.46. The van der Waals surface area contributed by atoms with Crippen LogP contribution in [0.2, 0.25) is 0 Å². The summed E-state index contributed by atoms with van der Waals surface area (Å²) in [6.07, 6.45) is -4.00. The van der Waals surface area contributed by atoms with Crippen LogP contribution in [0.25, 0.3) is 11.3 Å². The third-order valence-electron chi connectivity index (χ3n) is 4.11. The van der Waals surface area contributed by atoms with Crippen molar-refractivity contribution in [2.75, 3.05) is 5.32 Å². The molecule has 3 rings (SSSR count). The molecule has 3 nitrogen and oxygen atoms in total. The number of anilines is 1. The number of amides is 1. The molecule has 0 aliphatic rings. The van der Waals surface area contributed by atoms with Crippen LogP contribution >= 0.6 is 15.9 Å². The molecule has 3 aromatic rings. The molecule has 1 heterocycles. The molecule has 1 N–H and O–H groups in total. The van der Waals surface area contributed by atoms with Crippen LogP contribution in [0.5, 0.6) is 0 Å². The number of nitrogens with one attached hydrogen (secondary N) is 1. The third kappa shape index (κ3) is 4.11. The monoisotopic (exact) mass is 455 g/mol. The molecule has 28 heavy (non-hydrogen) atoms. The van der Waals surface area contributed by atoms with Gasteiger partial charge in [-0.1, -0.05) is 19.1 Å². The summed E-state index contributed by atoms with van der Waals surface area (Å²) in [4.78, 5) is 12.8. The standard InChI is InChI=1S/C20H14BrF4NO2/c1-2-15-16(19(27)26-14-9-7-13(22)8-10-14)17(28-18(15)21)11-3-5-12(6-4-11)20(23,24)25/h3-10H,2H2,1H3,(H,26,27). The molecule has 1 aromatic heterocycles. The molecule has 146 valence electrons. The minimum absolute atomic E-state index is 0.150. The van der Waals surface area contributed by atoms with Crippen LogP contribution < -0.4 is 5.32 Å². The molecule has 0 spiro atoms. The highest BCUT2D eigenvalue weighted by atomic mass is 79.9. The van der Waals surface area contributed by atoms with E-state index in [4.69, 9.17) is 4.42 Å². The van der Waals surface area contributed by atoms with Gasteiger partial charge in [0.15, 0.2) is 4.67 Å². The predicted molar refractivity (Wildman–Crippen MR) is 101 cm³/mol. The number of hydrogen-bond donors (Lipinski definition) is 1. The van der Waals surface area contributed by atoms with Crippen molar-refractivity contribution in [1.82, 2.24) is 0 Å². The molecule has 1 amide bonds. The maximum Gasteiger partial charge on any atom is 0.416 e. The quantitative estimate of drug-likeness (QED) is 0.445. The van der Waals surface area contributed by atoms with Crippen molar-refractivity contribution in [3.05, 3.63) is 75.7 Å². The average Bonchev–Trinajstić information content (AvgIpc) is 2.99. The number of furan rings is 1. The van der Waals surface area contributed by atoms with Crippen molar-refractivity contribution >= 4 is 27.5 Å². The zero-order valence-electron chi connectivity index (χ0n) is 14.5. The van der Waals surface area contributed by atoms with E-state index in [0.29, 0.717) is 27.9 Å². The van der Waals surface area contributed by atoms with Crippen molar-refractivity contribution in [3.63, 3.8) is 0 Å². The largest absolute Gasteiger partial charge is 0.448 e. The molecule has 0 aliphatic carbocycles. The molecule has 8 heteroatoms. The molecule has 2 aromatic carbocycles. The average molecular weight is 456 g/mol. The predicted octanol–water partition coefficient (Wildman–Crippen LogP) is 6.68. The van der Waals surface area contributed by atoms with Gasteiger partial charge in [0, 0.05) is 16.8 Å². The first kappa shape index (κ1) is 20.1. The van der Waals surface area contributed by atoms with Crippen LogP contribution in [0.15, 0.2) is 57.6 Å². The summed E-state index contributed by atoms with van der Waals surface area (Å²) >= 11 is 3.26. The van der Waals surface area contributed by atoms with Gasteiger partial charge >= 0.3 is 6.18 Å². The zero-order valence-corrected chi connectivity index (χ0v) is 16.1. The Morgan fingerprint density at radius 2 is 1.68 bits per heavy atom. The summed E-state index contributed by atoms with van der Waals surface area (Å²) in [6.45, 7) is 1.82. The second-order valence-electron chi connectivity index (χ2n) is 5.95. The second kappa shape index (κ2) is 7.79. The SMILES string of the molecule is CCc1c(Br)oc(-c2ccc(C(F)(F)F)cc2)c1C(=O)Nc1ccc(F)cc1. The Hall–Kier alpha value is -2.61. The van der Waals surface area contributed by atoms with Crippen molar-refractivity contribution in [2.24, 2.45) is 0 Å². The Labute approximate surface area is 166 Å². The zero-order chi connectivity index (χ0) is 20.5. The van der Waals surface area contributed by atoms with Gasteiger partial charge in [0.25, 0.3) is 5.91 Å². The lowest BCUT2D eigenvalue weighted by Crippen LogP contribution is -2.14. The Morgan fingerprint density at radius 1 is 1.07 bits per heavy atom. The number of rotatable bonds is 4. The van der Waals surface area contributed by atoms with Gasteiger partial charge in [-0.25, -0.2) is 4.39 Å². The molecule has 0 aliphatic heterocycles. The fourth-order valence-electron chi connectivity index (χ4n) is 2.73. The van der Waals surface area contributed by atoms with Gasteiger partial charge < -0.3 is 9.73 Å². The van der Waals surface area contributed by atoms with Crippen LogP contribution in [0, 0.1) is 5.82 Å². The summed E-state index contributed by atoms with van der Waals surface area (Å²) in [7, 11) is 0. The van der Waals surface area contributed by atoms with E-state index in [-0.39, 0.29) is 11.3 Å². The van der Waals surface area contributed by atoms with E-state index < -0.39 is 23.5 Å². The Kier molecular flexibility index (Phi) is 5.60. The number of hydrogen-bond acceptors (Lipinski definition) is 2. The van der Waals surface area contributed by atoms with E-state index in [0.717, 1.165) is 12.1 Å². The number of halogens is 5. The molecule has 0 unspecified atom stereocenters. The highest BCUT2D eigenvalue weighted by Crippen LogP contribution is 2.37. The van der Waals surface area contributed by atoms with E-state index in [9.17, 15) is 22.4 Å². The fourth-order valence-corrected chi connectivity index (χ4v) is 3.37. The molecule has 0 saturated carbocycles. The Morgan fingerprint density at radius 3 is 2.21 bits per heavy atom. The molecule has 0 bridgehead atoms. The first-order chi connectivity index (χ1) is 13.2. The van der Waals surface area contributed by atoms with Gasteiger partial charge in [-0.05, 0) is 58.7 Å². The van der Waals surface area contributed by atoms with Gasteiger partial charge in [-0.3, -0.25) is 4.79 Å². The molecule has 0 atom stereocenters. The first-order valence-corrected chi connectivity index (χ1v) is 9.05. The van der Waals surface area contributed by atoms with Crippen molar-refractivity contribution in [1.29, 1.82) is 0 Å². The summed E-state index contributed by atoms with van der Waals surface area (Å²) in [5, 5.41) is 2.65. The normalized spacial score (nSPS) is 11.5. The lowest BCUT2D eigenvalue weighted by Gasteiger charge is -2.09. The van der Waals surface area contributed by atoms with Crippen LogP contribution in [-0.4, -0.2) is 5.91 Å². The number of carbonyl (C=O) groups is 1. The Balaban J connectivity index is 2.01. The van der Waals surface area contributed by atoms with Crippen LogP contribution in [0.1, 0.15) is 28.4 Å². The maximum atomic E-state index is 13.1. The van der Waals surface area contributed by atoms with E-state index in [1.54, 1.807) is 0 Å². The van der Waals surface area contributed by atoms with Gasteiger partial charge in [-0.2, -0.15) is 13.2 Å². The second-order valence-corrected chi connectivity index (χ2v) is 6.67. The Bertz CT molecular complexity index is 993. The topological polar surface area (TPSA) is 42.2 Å². The van der Waals surface area contributed by atoms with Crippen molar-refractivity contribution in [2.45, 2.75) is 19.5 Å². The summed E-state index contributed by atoms with van der Waals surface area (Å²) < 4.78 is 57.4. The van der Waals surface area contributed by atoms with Gasteiger partial charge in [0.05, 0.1) is 11.1 Å². The van der Waals surface area contributed by atoms with E-state index >= 15 is 0 Å². The van der Waals surface area contributed by atoms with Gasteiger partial charge in [0.1, 0.15) is 11.6 Å². The van der Waals surface area contributed by atoms with E-state index in [1.807, 2.05) is 6.92 Å². The summed E-state index contributed by atoms with van der Waals surface area (Å²) in [6, 6.07) is 9.59. The lowest BCUT2D eigenvalue weighted by atomic mass is 10.0. The number of alkyl halides is 3. The molecule has 0 radical (unpaired) electrons. The highest BCUT2D eigenvalue weighted by Gasteiger charge is 2.31. The van der Waals surface area contributed by atoms with Crippen LogP contribution in [0.4, 0.5) is 23.2 Å². The number of benzene rings is 2. The summed E-state index contributed by atoms with van der Waals surface area (Å²) in [5.41, 5.74) is 0.699. The molecule has 0 fully saturated rings. The van der Waals surface area contributed by atoms with Gasteiger partial charge in [0.2, 0.25) is 0 Å². The lowest BCUT2D eigenvalue weighted by molar-refractivity contribution is -0.137. The molecule has 0 saturated heterocycles. The van der Waals surface area contributed by atoms with Crippen LogP contribution in [-0.2, 0) is 12.6 Å². The fraction of sp³-hybridized carbons (Fsp3) is 0.150. The first-order valence-electron chi connectivity index (χ1n) is 8.26. The minimum Gasteiger partial charge on any atom is -0.448 e. The molecular formula is C20H14BrF4NO2. The van der Waals surface area contributed by atoms with Crippen LogP contribution in [0.3, 0.4) is 0 Å².